The van der Waals surface area contributed by atoms with Crippen LogP contribution in [0.4, 0.5) is 0 Å². The van der Waals surface area contributed by atoms with Gasteiger partial charge in [-0.05, 0) is 93.6 Å². The lowest BCUT2D eigenvalue weighted by atomic mass is 10.0. The number of benzene rings is 2. The third-order valence-electron chi connectivity index (χ3n) is 3.12. The van der Waals surface area contributed by atoms with Gasteiger partial charge in [-0.15, -0.1) is 0 Å². The Morgan fingerprint density at radius 3 is 2.48 bits per heavy atom. The molecule has 0 spiro atoms. The molecule has 0 unspecified atom stereocenters. The molecule has 118 valence electrons. The number of nitrogens with zero attached hydrogens (tertiary/aromatic N) is 1. The molecular formula is C18H15I2NO2. The topological polar surface area (TPSA) is 42.2 Å². The first-order valence-corrected chi connectivity index (χ1v) is 9.12. The van der Waals surface area contributed by atoms with Gasteiger partial charge in [0.2, 0.25) is 0 Å². The molecule has 0 aromatic heterocycles. The standard InChI is InChI=1S/C18H15I2NO2/c1-3-23-17-10-12(9-16(20)18(17)22-2)8-14(11-21)13-4-6-15(19)7-5-13/h4-10H,3H2,1-2H3/b14-8-. The minimum Gasteiger partial charge on any atom is -0.492 e. The smallest absolute Gasteiger partial charge is 0.174 e. The molecule has 23 heavy (non-hydrogen) atoms. The Balaban J connectivity index is 2.48. The average Bonchev–Trinajstić information content (AvgIpc) is 2.54. The quantitative estimate of drug-likeness (QED) is 0.296. The molecule has 0 fully saturated rings. The Bertz CT molecular complexity index is 762. The molecule has 0 heterocycles. The molecule has 3 nitrogen and oxygen atoms in total. The molecule has 0 saturated heterocycles. The zero-order chi connectivity index (χ0) is 16.8. The van der Waals surface area contributed by atoms with Crippen molar-refractivity contribution < 1.29 is 9.47 Å². The van der Waals surface area contributed by atoms with Gasteiger partial charge in [0.05, 0.1) is 28.9 Å². The average molecular weight is 531 g/mol. The van der Waals surface area contributed by atoms with Crippen LogP contribution in [-0.2, 0) is 0 Å². The van der Waals surface area contributed by atoms with Crippen molar-refractivity contribution in [1.29, 1.82) is 5.26 Å². The molecule has 0 radical (unpaired) electrons. The van der Waals surface area contributed by atoms with Gasteiger partial charge in [0.15, 0.2) is 11.5 Å². The van der Waals surface area contributed by atoms with Crippen molar-refractivity contribution in [3.63, 3.8) is 0 Å². The maximum atomic E-state index is 9.47. The molecule has 0 atom stereocenters. The van der Waals surface area contributed by atoms with Gasteiger partial charge in [-0.2, -0.15) is 5.26 Å². The molecule has 0 aliphatic rings. The number of halogens is 2. The van der Waals surface area contributed by atoms with Crippen LogP contribution >= 0.6 is 45.2 Å². The van der Waals surface area contributed by atoms with E-state index in [9.17, 15) is 5.26 Å². The highest BCUT2D eigenvalue weighted by Crippen LogP contribution is 2.35. The second-order valence-electron chi connectivity index (χ2n) is 4.64. The Morgan fingerprint density at radius 2 is 1.91 bits per heavy atom. The van der Waals surface area contributed by atoms with Crippen LogP contribution in [0.2, 0.25) is 0 Å². The van der Waals surface area contributed by atoms with Crippen molar-refractivity contribution in [3.05, 3.63) is 54.7 Å². The lowest BCUT2D eigenvalue weighted by molar-refractivity contribution is 0.309. The first-order valence-electron chi connectivity index (χ1n) is 6.97. The van der Waals surface area contributed by atoms with Crippen LogP contribution in [0, 0.1) is 18.5 Å². The van der Waals surface area contributed by atoms with Crippen LogP contribution in [0.1, 0.15) is 18.1 Å². The number of ether oxygens (including phenoxy) is 2. The number of allylic oxidation sites excluding steroid dienone is 1. The summed E-state index contributed by atoms with van der Waals surface area (Å²) in [6, 6.07) is 14.0. The Morgan fingerprint density at radius 1 is 1.22 bits per heavy atom. The van der Waals surface area contributed by atoms with Gasteiger partial charge in [0.25, 0.3) is 0 Å². The van der Waals surface area contributed by atoms with E-state index < -0.39 is 0 Å². The van der Waals surface area contributed by atoms with E-state index in [1.165, 1.54) is 0 Å². The van der Waals surface area contributed by atoms with Crippen LogP contribution in [0.25, 0.3) is 11.6 Å². The van der Waals surface area contributed by atoms with Crippen molar-refractivity contribution in [2.24, 2.45) is 0 Å². The summed E-state index contributed by atoms with van der Waals surface area (Å²) >= 11 is 4.46. The lowest BCUT2D eigenvalue weighted by Crippen LogP contribution is -1.98. The van der Waals surface area contributed by atoms with Gasteiger partial charge in [0.1, 0.15) is 0 Å². The van der Waals surface area contributed by atoms with Gasteiger partial charge in [-0.3, -0.25) is 0 Å². The molecule has 0 saturated carbocycles. The second kappa shape index (κ2) is 8.55. The molecule has 0 bridgehead atoms. The van der Waals surface area contributed by atoms with E-state index in [0.717, 1.165) is 24.0 Å². The molecule has 0 amide bonds. The fourth-order valence-electron chi connectivity index (χ4n) is 2.11. The molecule has 5 heteroatoms. The maximum absolute atomic E-state index is 9.47. The van der Waals surface area contributed by atoms with Crippen LogP contribution in [-0.4, -0.2) is 13.7 Å². The predicted molar refractivity (Wildman–Crippen MR) is 110 cm³/mol. The molecule has 2 rings (SSSR count). The van der Waals surface area contributed by atoms with E-state index in [-0.39, 0.29) is 0 Å². The summed E-state index contributed by atoms with van der Waals surface area (Å²) in [4.78, 5) is 0. The minimum absolute atomic E-state index is 0.557. The minimum atomic E-state index is 0.557. The van der Waals surface area contributed by atoms with Gasteiger partial charge in [-0.25, -0.2) is 0 Å². The normalized spacial score (nSPS) is 11.0. The number of nitriles is 1. The van der Waals surface area contributed by atoms with Crippen LogP contribution < -0.4 is 9.47 Å². The summed E-state index contributed by atoms with van der Waals surface area (Å²) in [6.07, 6.45) is 1.87. The molecule has 2 aromatic rings. The monoisotopic (exact) mass is 531 g/mol. The van der Waals surface area contributed by atoms with Crippen LogP contribution in [0.15, 0.2) is 36.4 Å². The maximum Gasteiger partial charge on any atom is 0.174 e. The fraction of sp³-hybridized carbons (Fsp3) is 0.167. The van der Waals surface area contributed by atoms with Crippen molar-refractivity contribution in [3.8, 4) is 17.6 Å². The highest BCUT2D eigenvalue weighted by atomic mass is 127. The van der Waals surface area contributed by atoms with E-state index in [2.05, 4.69) is 51.3 Å². The first kappa shape index (κ1) is 18.1. The van der Waals surface area contributed by atoms with Gasteiger partial charge in [-0.1, -0.05) is 12.1 Å². The summed E-state index contributed by atoms with van der Waals surface area (Å²) in [7, 11) is 1.63. The molecule has 0 aliphatic heterocycles. The molecule has 2 aromatic carbocycles. The van der Waals surface area contributed by atoms with E-state index in [1.54, 1.807) is 7.11 Å². The third-order valence-corrected chi connectivity index (χ3v) is 4.64. The molecular weight excluding hydrogens is 516 g/mol. The highest BCUT2D eigenvalue weighted by Gasteiger charge is 2.11. The first-order chi connectivity index (χ1) is 11.1. The zero-order valence-electron chi connectivity index (χ0n) is 12.8. The van der Waals surface area contributed by atoms with Crippen LogP contribution in [0.3, 0.4) is 0 Å². The number of methoxy groups -OCH3 is 1. The van der Waals surface area contributed by atoms with E-state index >= 15 is 0 Å². The summed E-state index contributed by atoms with van der Waals surface area (Å²) in [5.74, 6) is 1.41. The predicted octanol–water partition coefficient (Wildman–Crippen LogP) is 5.37. The summed E-state index contributed by atoms with van der Waals surface area (Å²) in [6.45, 7) is 2.49. The van der Waals surface area contributed by atoms with E-state index in [4.69, 9.17) is 9.47 Å². The van der Waals surface area contributed by atoms with E-state index in [1.807, 2.05) is 49.4 Å². The number of rotatable bonds is 5. The third kappa shape index (κ3) is 4.61. The molecule has 0 N–H and O–H groups in total. The number of hydrogen-bond acceptors (Lipinski definition) is 3. The second-order valence-corrected chi connectivity index (χ2v) is 7.05. The number of hydrogen-bond donors (Lipinski definition) is 0. The Labute approximate surface area is 163 Å². The largest absolute Gasteiger partial charge is 0.492 e. The highest BCUT2D eigenvalue weighted by molar-refractivity contribution is 14.1. The lowest BCUT2D eigenvalue weighted by Gasteiger charge is -2.12. The summed E-state index contributed by atoms with van der Waals surface area (Å²) < 4.78 is 13.1. The molecule has 0 aliphatic carbocycles. The SMILES string of the molecule is CCOc1cc(/C=C(/C#N)c2ccc(I)cc2)cc(I)c1OC. The summed E-state index contributed by atoms with van der Waals surface area (Å²) in [5.41, 5.74) is 2.43. The van der Waals surface area contributed by atoms with Crippen molar-refractivity contribution in [1.82, 2.24) is 0 Å². The van der Waals surface area contributed by atoms with Crippen molar-refractivity contribution >= 4 is 56.8 Å². The van der Waals surface area contributed by atoms with Gasteiger partial charge in [0, 0.05) is 3.57 Å². The fourth-order valence-corrected chi connectivity index (χ4v) is 3.31. The van der Waals surface area contributed by atoms with Crippen LogP contribution in [0.5, 0.6) is 11.5 Å². The zero-order valence-corrected chi connectivity index (χ0v) is 17.1. The van der Waals surface area contributed by atoms with Crippen molar-refractivity contribution in [2.45, 2.75) is 6.92 Å². The van der Waals surface area contributed by atoms with Gasteiger partial charge < -0.3 is 9.47 Å². The van der Waals surface area contributed by atoms with Gasteiger partial charge >= 0.3 is 0 Å². The van der Waals surface area contributed by atoms with E-state index in [0.29, 0.717) is 17.9 Å². The van der Waals surface area contributed by atoms with Crippen molar-refractivity contribution in [2.75, 3.05) is 13.7 Å². The summed E-state index contributed by atoms with van der Waals surface area (Å²) in [5, 5.41) is 9.47. The Kier molecular flexibility index (Phi) is 6.72. The Hall–Kier alpha value is -1.27.